The third-order valence-electron chi connectivity index (χ3n) is 2.61. The van der Waals surface area contributed by atoms with Crippen LogP contribution in [0.1, 0.15) is 38.5 Å². The maximum Gasteiger partial charge on any atom is 0.490 e. The van der Waals surface area contributed by atoms with E-state index in [1.807, 2.05) is 0 Å². The SMILES string of the molecule is O=C(O[C@@H]1CCCCCC[C@H]1Br)C(F)(F)F. The molecule has 16 heavy (non-hydrogen) atoms. The van der Waals surface area contributed by atoms with E-state index in [1.54, 1.807) is 0 Å². The fraction of sp³-hybridized carbons (Fsp3) is 0.900. The van der Waals surface area contributed by atoms with E-state index in [0.717, 1.165) is 32.1 Å². The molecule has 0 aromatic heterocycles. The summed E-state index contributed by atoms with van der Waals surface area (Å²) in [6.45, 7) is 0. The number of carbonyl (C=O) groups is 1. The standard InChI is InChI=1S/C10H14BrF3O2/c11-7-5-3-1-2-4-6-8(7)16-9(15)10(12,13)14/h7-8H,1-6H2/t7-,8-/m1/s1. The van der Waals surface area contributed by atoms with Crippen molar-refractivity contribution in [2.75, 3.05) is 0 Å². The van der Waals surface area contributed by atoms with Gasteiger partial charge in [0.2, 0.25) is 0 Å². The zero-order valence-electron chi connectivity index (χ0n) is 8.73. The number of carbonyl (C=O) groups excluding carboxylic acids is 1. The summed E-state index contributed by atoms with van der Waals surface area (Å²) in [5.74, 6) is -2.08. The first kappa shape index (κ1) is 13.8. The molecule has 1 aliphatic rings. The fourth-order valence-corrected chi connectivity index (χ4v) is 2.44. The molecule has 0 aromatic rings. The average Bonchev–Trinajstić information content (AvgIpc) is 2.16. The maximum absolute atomic E-state index is 12.0. The monoisotopic (exact) mass is 302 g/mol. The van der Waals surface area contributed by atoms with Gasteiger partial charge in [0.25, 0.3) is 0 Å². The summed E-state index contributed by atoms with van der Waals surface area (Å²) in [7, 11) is 0. The van der Waals surface area contributed by atoms with Gasteiger partial charge >= 0.3 is 12.1 Å². The van der Waals surface area contributed by atoms with Crippen molar-refractivity contribution < 1.29 is 22.7 Å². The molecule has 0 aromatic carbocycles. The quantitative estimate of drug-likeness (QED) is 0.547. The van der Waals surface area contributed by atoms with Crippen molar-refractivity contribution in [2.45, 2.75) is 55.6 Å². The third kappa shape index (κ3) is 4.31. The molecule has 0 unspecified atom stereocenters. The second-order valence-corrected chi connectivity index (χ2v) is 5.13. The Bertz CT molecular complexity index is 243. The number of halogens is 4. The average molecular weight is 303 g/mol. The highest BCUT2D eigenvalue weighted by atomic mass is 79.9. The Morgan fingerprint density at radius 2 is 1.69 bits per heavy atom. The van der Waals surface area contributed by atoms with Crippen molar-refractivity contribution >= 4 is 21.9 Å². The van der Waals surface area contributed by atoms with Gasteiger partial charge in [0.05, 0.1) is 4.83 Å². The van der Waals surface area contributed by atoms with Gasteiger partial charge in [-0.25, -0.2) is 4.79 Å². The molecule has 0 amide bonds. The summed E-state index contributed by atoms with van der Waals surface area (Å²) in [6, 6.07) is 0. The summed E-state index contributed by atoms with van der Waals surface area (Å²) < 4.78 is 40.6. The second kappa shape index (κ2) is 5.89. The van der Waals surface area contributed by atoms with Crippen LogP contribution in [0.3, 0.4) is 0 Å². The van der Waals surface area contributed by atoms with E-state index in [0.29, 0.717) is 6.42 Å². The molecule has 6 heteroatoms. The Labute approximate surface area is 101 Å². The van der Waals surface area contributed by atoms with E-state index < -0.39 is 18.2 Å². The van der Waals surface area contributed by atoms with Crippen LogP contribution in [-0.4, -0.2) is 23.1 Å². The van der Waals surface area contributed by atoms with Gasteiger partial charge in [0, 0.05) is 0 Å². The van der Waals surface area contributed by atoms with Crippen LogP contribution in [-0.2, 0) is 9.53 Å². The normalized spacial score (nSPS) is 28.0. The van der Waals surface area contributed by atoms with Gasteiger partial charge < -0.3 is 4.74 Å². The summed E-state index contributed by atoms with van der Waals surface area (Å²) in [6.07, 6.45) is -0.479. The first-order chi connectivity index (χ1) is 7.41. The molecular weight excluding hydrogens is 289 g/mol. The van der Waals surface area contributed by atoms with E-state index in [4.69, 9.17) is 0 Å². The number of esters is 1. The number of ether oxygens (including phenoxy) is 1. The van der Waals surface area contributed by atoms with Crippen LogP contribution in [0.4, 0.5) is 13.2 Å². The lowest BCUT2D eigenvalue weighted by Crippen LogP contribution is -2.34. The number of hydrogen-bond donors (Lipinski definition) is 0. The first-order valence-corrected chi connectivity index (χ1v) is 6.24. The van der Waals surface area contributed by atoms with Gasteiger partial charge in [0.1, 0.15) is 6.10 Å². The molecule has 0 spiro atoms. The van der Waals surface area contributed by atoms with Gasteiger partial charge in [-0.3, -0.25) is 0 Å². The minimum Gasteiger partial charge on any atom is -0.455 e. The summed E-state index contributed by atoms with van der Waals surface area (Å²) >= 11 is 3.29. The minimum absolute atomic E-state index is 0.168. The summed E-state index contributed by atoms with van der Waals surface area (Å²) in [4.78, 5) is 10.5. The Morgan fingerprint density at radius 1 is 1.12 bits per heavy atom. The van der Waals surface area contributed by atoms with E-state index in [2.05, 4.69) is 20.7 Å². The highest BCUT2D eigenvalue weighted by Crippen LogP contribution is 2.27. The fourth-order valence-electron chi connectivity index (χ4n) is 1.74. The molecule has 1 fully saturated rings. The Hall–Kier alpha value is -0.260. The smallest absolute Gasteiger partial charge is 0.455 e. The van der Waals surface area contributed by atoms with Crippen molar-refractivity contribution in [3.8, 4) is 0 Å². The second-order valence-electron chi connectivity index (χ2n) is 3.95. The lowest BCUT2D eigenvalue weighted by Gasteiger charge is -2.25. The largest absolute Gasteiger partial charge is 0.490 e. The molecule has 0 N–H and O–H groups in total. The molecule has 0 radical (unpaired) electrons. The van der Waals surface area contributed by atoms with Crippen LogP contribution < -0.4 is 0 Å². The minimum atomic E-state index is -4.89. The number of alkyl halides is 4. The van der Waals surface area contributed by atoms with Gasteiger partial charge in [0.15, 0.2) is 0 Å². The molecule has 1 rings (SSSR count). The molecule has 0 bridgehead atoms. The predicted molar refractivity (Wildman–Crippen MR) is 56.4 cm³/mol. The van der Waals surface area contributed by atoms with Gasteiger partial charge in [-0.15, -0.1) is 0 Å². The molecule has 0 heterocycles. The summed E-state index contributed by atoms with van der Waals surface area (Å²) in [5, 5.41) is 0. The highest BCUT2D eigenvalue weighted by Gasteiger charge is 2.43. The molecule has 94 valence electrons. The van der Waals surface area contributed by atoms with Crippen molar-refractivity contribution in [3.05, 3.63) is 0 Å². The van der Waals surface area contributed by atoms with Crippen LogP contribution in [0.15, 0.2) is 0 Å². The van der Waals surface area contributed by atoms with Crippen molar-refractivity contribution in [1.82, 2.24) is 0 Å². The zero-order valence-corrected chi connectivity index (χ0v) is 10.3. The molecule has 1 aliphatic carbocycles. The topological polar surface area (TPSA) is 26.3 Å². The third-order valence-corrected chi connectivity index (χ3v) is 3.66. The molecule has 2 nitrogen and oxygen atoms in total. The van der Waals surface area contributed by atoms with Crippen LogP contribution in [0.25, 0.3) is 0 Å². The Morgan fingerprint density at radius 3 is 2.25 bits per heavy atom. The Kier molecular flexibility index (Phi) is 5.08. The molecule has 0 aliphatic heterocycles. The zero-order chi connectivity index (χ0) is 12.2. The molecule has 2 atom stereocenters. The highest BCUT2D eigenvalue weighted by molar-refractivity contribution is 9.09. The lowest BCUT2D eigenvalue weighted by atomic mass is 9.98. The van der Waals surface area contributed by atoms with Crippen LogP contribution in [0.2, 0.25) is 0 Å². The summed E-state index contributed by atoms with van der Waals surface area (Å²) in [5.41, 5.74) is 0. The van der Waals surface area contributed by atoms with Crippen molar-refractivity contribution in [2.24, 2.45) is 0 Å². The van der Waals surface area contributed by atoms with Crippen LogP contribution in [0, 0.1) is 0 Å². The van der Waals surface area contributed by atoms with E-state index in [9.17, 15) is 18.0 Å². The van der Waals surface area contributed by atoms with E-state index >= 15 is 0 Å². The van der Waals surface area contributed by atoms with Gasteiger partial charge in [-0.2, -0.15) is 13.2 Å². The van der Waals surface area contributed by atoms with Crippen LogP contribution >= 0.6 is 15.9 Å². The molecular formula is C10H14BrF3O2. The maximum atomic E-state index is 12.0. The van der Waals surface area contributed by atoms with Gasteiger partial charge in [-0.1, -0.05) is 35.2 Å². The van der Waals surface area contributed by atoms with Crippen molar-refractivity contribution in [3.63, 3.8) is 0 Å². The number of hydrogen-bond acceptors (Lipinski definition) is 2. The van der Waals surface area contributed by atoms with Crippen LogP contribution in [0.5, 0.6) is 0 Å². The van der Waals surface area contributed by atoms with Crippen molar-refractivity contribution in [1.29, 1.82) is 0 Å². The van der Waals surface area contributed by atoms with Gasteiger partial charge in [-0.05, 0) is 19.3 Å². The predicted octanol–water partition coefficient (Wildman–Crippen LogP) is 3.58. The molecule has 0 saturated heterocycles. The number of rotatable bonds is 1. The lowest BCUT2D eigenvalue weighted by molar-refractivity contribution is -0.205. The van der Waals surface area contributed by atoms with E-state index in [-0.39, 0.29) is 4.83 Å². The molecule has 1 saturated carbocycles. The van der Waals surface area contributed by atoms with E-state index in [1.165, 1.54) is 0 Å². The Balaban J connectivity index is 2.52. The first-order valence-electron chi connectivity index (χ1n) is 5.33.